The summed E-state index contributed by atoms with van der Waals surface area (Å²) in [4.78, 5) is 8.68. The fraction of sp³-hybridized carbons (Fsp3) is 0.711. The average Bonchev–Trinajstić information content (AvgIpc) is 3.07. The normalized spacial score (nSPS) is 14.0. The SMILES string of the molecule is COCCCOc1cc(CC(=N[S@](=O)C(C)(C)C)C(C)C)cnc1OC.COCCCOc1cc(C[C@H](N[S@](=O)C(C)(C)C)C(C)C)cnc1OC. The predicted molar refractivity (Wildman–Crippen MR) is 213 cm³/mol. The molecule has 0 saturated carbocycles. The molecular formula is C38H66N4O8S2. The van der Waals surface area contributed by atoms with E-state index in [4.69, 9.17) is 28.4 Å². The van der Waals surface area contributed by atoms with Gasteiger partial charge in [-0.3, -0.25) is 0 Å². The lowest BCUT2D eigenvalue weighted by molar-refractivity contribution is 0.170. The van der Waals surface area contributed by atoms with Crippen LogP contribution >= 0.6 is 0 Å². The van der Waals surface area contributed by atoms with Crippen molar-refractivity contribution in [2.45, 2.75) is 110 Å². The van der Waals surface area contributed by atoms with Crippen LogP contribution in [0.15, 0.2) is 28.9 Å². The molecule has 2 rings (SSSR count). The molecule has 52 heavy (non-hydrogen) atoms. The van der Waals surface area contributed by atoms with E-state index in [2.05, 4.69) is 46.8 Å². The Morgan fingerprint density at radius 3 is 1.63 bits per heavy atom. The number of ether oxygens (including phenoxy) is 6. The minimum atomic E-state index is -1.28. The van der Waals surface area contributed by atoms with Gasteiger partial charge in [0.2, 0.25) is 0 Å². The predicted octanol–water partition coefficient (Wildman–Crippen LogP) is 6.73. The van der Waals surface area contributed by atoms with Crippen molar-refractivity contribution in [3.63, 3.8) is 0 Å². The molecule has 0 aliphatic rings. The van der Waals surface area contributed by atoms with Crippen LogP contribution in [-0.4, -0.2) is 94.5 Å². The van der Waals surface area contributed by atoms with E-state index in [1.165, 1.54) is 0 Å². The van der Waals surface area contributed by atoms with Crippen molar-refractivity contribution in [2.24, 2.45) is 16.2 Å². The van der Waals surface area contributed by atoms with E-state index in [0.717, 1.165) is 29.7 Å². The van der Waals surface area contributed by atoms with Gasteiger partial charge in [0.25, 0.3) is 11.8 Å². The zero-order chi connectivity index (χ0) is 39.5. The first-order valence-corrected chi connectivity index (χ1v) is 20.1. The molecule has 3 atom stereocenters. The number of hydrogen-bond donors (Lipinski definition) is 1. The van der Waals surface area contributed by atoms with Gasteiger partial charge in [0.15, 0.2) is 11.5 Å². The summed E-state index contributed by atoms with van der Waals surface area (Å²) >= 11 is 0. The van der Waals surface area contributed by atoms with Crippen LogP contribution in [0.2, 0.25) is 0 Å². The van der Waals surface area contributed by atoms with E-state index in [9.17, 15) is 8.42 Å². The summed E-state index contributed by atoms with van der Waals surface area (Å²) in [6.07, 6.45) is 6.41. The highest BCUT2D eigenvalue weighted by Gasteiger charge is 2.25. The summed E-state index contributed by atoms with van der Waals surface area (Å²) in [5.74, 6) is 2.66. The van der Waals surface area contributed by atoms with Gasteiger partial charge in [-0.25, -0.2) is 23.1 Å². The van der Waals surface area contributed by atoms with E-state index >= 15 is 0 Å². The van der Waals surface area contributed by atoms with Gasteiger partial charge in [-0.15, -0.1) is 0 Å². The van der Waals surface area contributed by atoms with E-state index in [1.807, 2.05) is 53.7 Å². The Morgan fingerprint density at radius 2 is 1.23 bits per heavy atom. The third kappa shape index (κ3) is 17.9. The van der Waals surface area contributed by atoms with Crippen molar-refractivity contribution in [1.82, 2.24) is 14.7 Å². The molecule has 0 spiro atoms. The van der Waals surface area contributed by atoms with E-state index in [1.54, 1.807) is 40.8 Å². The average molecular weight is 771 g/mol. The molecule has 0 aliphatic carbocycles. The first-order valence-electron chi connectivity index (χ1n) is 17.8. The Bertz CT molecular complexity index is 1410. The highest BCUT2D eigenvalue weighted by atomic mass is 32.2. The number of nitrogens with one attached hydrogen (secondary N) is 1. The van der Waals surface area contributed by atoms with Crippen LogP contribution in [0, 0.1) is 11.8 Å². The largest absolute Gasteiger partial charge is 0.488 e. The lowest BCUT2D eigenvalue weighted by Gasteiger charge is -2.27. The van der Waals surface area contributed by atoms with Crippen molar-refractivity contribution in [2.75, 3.05) is 54.9 Å². The first-order chi connectivity index (χ1) is 24.4. The maximum atomic E-state index is 12.5. The second kappa shape index (κ2) is 23.9. The summed E-state index contributed by atoms with van der Waals surface area (Å²) in [6.45, 7) is 22.4. The highest BCUT2D eigenvalue weighted by Crippen LogP contribution is 2.28. The van der Waals surface area contributed by atoms with Gasteiger partial charge in [0, 0.05) is 70.8 Å². The first kappa shape index (κ1) is 47.4. The van der Waals surface area contributed by atoms with E-state index in [0.29, 0.717) is 68.4 Å². The van der Waals surface area contributed by atoms with Gasteiger partial charge in [-0.1, -0.05) is 27.7 Å². The molecule has 2 aromatic heterocycles. The van der Waals surface area contributed by atoms with Crippen LogP contribution in [0.1, 0.15) is 93.2 Å². The number of methoxy groups -OCH3 is 4. The van der Waals surface area contributed by atoms with Gasteiger partial charge in [-0.05, 0) is 83.1 Å². The molecule has 1 N–H and O–H groups in total. The number of rotatable bonds is 21. The molecule has 0 fully saturated rings. The number of nitrogens with zero attached hydrogens (tertiary/aromatic N) is 3. The molecule has 14 heteroatoms. The molecule has 12 nitrogen and oxygen atoms in total. The van der Waals surface area contributed by atoms with Crippen LogP contribution in [0.25, 0.3) is 0 Å². The number of aromatic nitrogens is 2. The summed E-state index contributed by atoms with van der Waals surface area (Å²) in [6, 6.07) is 3.94. The van der Waals surface area contributed by atoms with Gasteiger partial charge in [-0.2, -0.15) is 4.40 Å². The standard InChI is InChI=1S/C19H34N2O4S.C19H32N2O4S/c2*1-14(2)16(21-26(22)19(3,4)5)11-15-12-17(18(24-7)20-13-15)25-10-8-9-23-6/h12-14,16,21H,8-11H2,1-7H3;12-14H,8-11H2,1-7H3/t16-,26+;26-/m01/s1. The van der Waals surface area contributed by atoms with Crippen LogP contribution < -0.4 is 23.7 Å². The Labute approximate surface area is 318 Å². The van der Waals surface area contributed by atoms with Crippen molar-refractivity contribution in [1.29, 1.82) is 0 Å². The Hall–Kier alpha value is -2.65. The zero-order valence-corrected chi connectivity index (χ0v) is 35.8. The van der Waals surface area contributed by atoms with Crippen LogP contribution in [0.4, 0.5) is 0 Å². The van der Waals surface area contributed by atoms with Gasteiger partial charge < -0.3 is 28.4 Å². The fourth-order valence-corrected chi connectivity index (χ4v) is 5.96. The van der Waals surface area contributed by atoms with Crippen molar-refractivity contribution in [3.05, 3.63) is 35.7 Å². The van der Waals surface area contributed by atoms with Crippen molar-refractivity contribution >= 4 is 27.7 Å². The summed E-state index contributed by atoms with van der Waals surface area (Å²) < 4.78 is 64.1. The molecule has 0 aliphatic heterocycles. The van der Waals surface area contributed by atoms with Crippen LogP contribution in [-0.2, 0) is 44.3 Å². The van der Waals surface area contributed by atoms with Crippen LogP contribution in [0.5, 0.6) is 23.3 Å². The molecule has 2 heterocycles. The highest BCUT2D eigenvalue weighted by molar-refractivity contribution is 7.85. The van der Waals surface area contributed by atoms with Crippen molar-refractivity contribution in [3.8, 4) is 23.3 Å². The quantitative estimate of drug-likeness (QED) is 0.107. The maximum Gasteiger partial charge on any atom is 0.256 e. The number of hydrogen-bond acceptors (Lipinski definition) is 10. The molecule has 0 aromatic carbocycles. The minimum absolute atomic E-state index is 0.0756. The van der Waals surface area contributed by atoms with E-state index in [-0.39, 0.29) is 21.5 Å². The monoisotopic (exact) mass is 770 g/mol. The molecule has 0 saturated heterocycles. The Kier molecular flexibility index (Phi) is 21.8. The Balaban J connectivity index is 0.000000520. The summed E-state index contributed by atoms with van der Waals surface area (Å²) in [7, 11) is 4.08. The maximum absolute atomic E-state index is 12.5. The molecule has 298 valence electrons. The molecule has 2 aromatic rings. The lowest BCUT2D eigenvalue weighted by atomic mass is 9.98. The smallest absolute Gasteiger partial charge is 0.256 e. The summed E-state index contributed by atoms with van der Waals surface area (Å²) in [5, 5.41) is 0. The second-order valence-corrected chi connectivity index (χ2v) is 18.8. The number of pyridine rings is 2. The molecule has 0 unspecified atom stereocenters. The molecular weight excluding hydrogens is 705 g/mol. The van der Waals surface area contributed by atoms with Gasteiger partial charge in [0.1, 0.15) is 11.0 Å². The van der Waals surface area contributed by atoms with E-state index < -0.39 is 22.0 Å². The van der Waals surface area contributed by atoms with Crippen LogP contribution in [0.3, 0.4) is 0 Å². The molecule has 0 amide bonds. The third-order valence-electron chi connectivity index (χ3n) is 7.49. The lowest BCUT2D eigenvalue weighted by Crippen LogP contribution is -2.43. The molecule has 0 radical (unpaired) electrons. The third-order valence-corrected chi connectivity index (χ3v) is 10.6. The van der Waals surface area contributed by atoms with Crippen molar-refractivity contribution < 1.29 is 36.8 Å². The summed E-state index contributed by atoms with van der Waals surface area (Å²) in [5.41, 5.74) is 2.85. The minimum Gasteiger partial charge on any atom is -0.488 e. The second-order valence-electron chi connectivity index (χ2n) is 14.9. The fourth-order valence-electron chi connectivity index (χ4n) is 4.21. The Morgan fingerprint density at radius 1 is 0.750 bits per heavy atom. The van der Waals surface area contributed by atoms with Gasteiger partial charge in [0.05, 0.1) is 47.9 Å². The topological polar surface area (TPSA) is 140 Å². The zero-order valence-electron chi connectivity index (χ0n) is 34.1. The van der Waals surface area contributed by atoms with Gasteiger partial charge >= 0.3 is 0 Å². The molecule has 0 bridgehead atoms.